The fourth-order valence-electron chi connectivity index (χ4n) is 3.12. The van der Waals surface area contributed by atoms with Gasteiger partial charge in [-0.1, -0.05) is 71.8 Å². The van der Waals surface area contributed by atoms with Crippen LogP contribution >= 0.6 is 11.6 Å². The maximum absolute atomic E-state index is 13.4. The van der Waals surface area contributed by atoms with E-state index in [4.69, 9.17) is 11.6 Å². The second-order valence-electron chi connectivity index (χ2n) is 6.32. The van der Waals surface area contributed by atoms with Crippen LogP contribution < -0.4 is 0 Å². The van der Waals surface area contributed by atoms with Crippen LogP contribution in [0.25, 0.3) is 22.0 Å². The molecular formula is C22H16ClNO2S. The van der Waals surface area contributed by atoms with E-state index in [-0.39, 0.29) is 9.79 Å². The van der Waals surface area contributed by atoms with Crippen LogP contribution in [-0.4, -0.2) is 13.4 Å². The number of para-hydroxylation sites is 1. The molecule has 0 fully saturated rings. The lowest BCUT2D eigenvalue weighted by molar-refractivity contribution is 0.596. The van der Waals surface area contributed by atoms with Gasteiger partial charge in [0.05, 0.1) is 20.3 Å². The summed E-state index contributed by atoms with van der Waals surface area (Å²) in [5.41, 5.74) is 3.00. The van der Waals surface area contributed by atoms with Gasteiger partial charge in [0.15, 0.2) is 0 Å². The smallest absolute Gasteiger partial charge is 0.208 e. The molecule has 0 radical (unpaired) electrons. The van der Waals surface area contributed by atoms with Crippen molar-refractivity contribution in [1.29, 1.82) is 0 Å². The van der Waals surface area contributed by atoms with Gasteiger partial charge < -0.3 is 0 Å². The Morgan fingerprint density at radius 2 is 1.56 bits per heavy atom. The van der Waals surface area contributed by atoms with E-state index in [1.165, 1.54) is 6.20 Å². The first-order valence-corrected chi connectivity index (χ1v) is 10.3. The summed E-state index contributed by atoms with van der Waals surface area (Å²) in [5.74, 6) is 0. The first-order chi connectivity index (χ1) is 13.0. The predicted molar refractivity (Wildman–Crippen MR) is 109 cm³/mol. The standard InChI is InChI=1S/C22H16ClNO2S/c1-15-10-12-17(13-11-15)27(25,26)20-14-24-22-18(8-5-9-19(22)23)21(20)16-6-3-2-4-7-16/h2-14H,1H3. The van der Waals surface area contributed by atoms with Crippen molar-refractivity contribution in [3.63, 3.8) is 0 Å². The molecule has 3 nitrogen and oxygen atoms in total. The van der Waals surface area contributed by atoms with E-state index in [1.807, 2.05) is 43.3 Å². The SMILES string of the molecule is Cc1ccc(S(=O)(=O)c2cnc3c(Cl)cccc3c2-c2ccccc2)cc1. The van der Waals surface area contributed by atoms with Gasteiger partial charge in [0, 0.05) is 17.1 Å². The molecule has 0 spiro atoms. The number of pyridine rings is 1. The van der Waals surface area contributed by atoms with Gasteiger partial charge in [0.1, 0.15) is 0 Å². The van der Waals surface area contributed by atoms with Crippen LogP contribution in [0.5, 0.6) is 0 Å². The summed E-state index contributed by atoms with van der Waals surface area (Å²) in [6, 6.07) is 21.7. The summed E-state index contributed by atoms with van der Waals surface area (Å²) in [4.78, 5) is 4.78. The van der Waals surface area contributed by atoms with Crippen LogP contribution in [0.1, 0.15) is 5.56 Å². The number of sulfone groups is 1. The summed E-state index contributed by atoms with van der Waals surface area (Å²) in [7, 11) is -3.74. The zero-order chi connectivity index (χ0) is 19.0. The molecule has 0 aliphatic carbocycles. The minimum atomic E-state index is -3.74. The van der Waals surface area contributed by atoms with E-state index in [0.717, 1.165) is 11.1 Å². The van der Waals surface area contributed by atoms with E-state index in [9.17, 15) is 8.42 Å². The Balaban J connectivity index is 2.08. The fraction of sp³-hybridized carbons (Fsp3) is 0.0455. The highest BCUT2D eigenvalue weighted by molar-refractivity contribution is 7.91. The normalized spacial score (nSPS) is 11.6. The predicted octanol–water partition coefficient (Wildman–Crippen LogP) is 5.70. The zero-order valence-corrected chi connectivity index (χ0v) is 16.1. The molecular weight excluding hydrogens is 378 g/mol. The van der Waals surface area contributed by atoms with E-state index >= 15 is 0 Å². The molecule has 1 heterocycles. The van der Waals surface area contributed by atoms with Gasteiger partial charge in [0.2, 0.25) is 9.84 Å². The topological polar surface area (TPSA) is 47.0 Å². The van der Waals surface area contributed by atoms with Crippen molar-refractivity contribution in [3.05, 3.63) is 89.6 Å². The van der Waals surface area contributed by atoms with Crippen molar-refractivity contribution in [2.24, 2.45) is 0 Å². The quantitative estimate of drug-likeness (QED) is 0.448. The Bertz CT molecular complexity index is 1230. The lowest BCUT2D eigenvalue weighted by Gasteiger charge is -2.14. The van der Waals surface area contributed by atoms with Gasteiger partial charge in [-0.2, -0.15) is 0 Å². The fourth-order valence-corrected chi connectivity index (χ4v) is 4.78. The third-order valence-electron chi connectivity index (χ3n) is 4.50. The van der Waals surface area contributed by atoms with Gasteiger partial charge in [-0.05, 0) is 30.7 Å². The number of aryl methyl sites for hydroxylation is 1. The first-order valence-electron chi connectivity index (χ1n) is 8.43. The Hall–Kier alpha value is -2.69. The van der Waals surface area contributed by atoms with Crippen LogP contribution in [0, 0.1) is 6.92 Å². The molecule has 0 saturated heterocycles. The average Bonchev–Trinajstić information content (AvgIpc) is 2.68. The van der Waals surface area contributed by atoms with Crippen LogP contribution in [-0.2, 0) is 9.84 Å². The molecule has 0 atom stereocenters. The number of benzene rings is 3. The van der Waals surface area contributed by atoms with Crippen molar-refractivity contribution in [2.45, 2.75) is 16.7 Å². The number of rotatable bonds is 3. The van der Waals surface area contributed by atoms with Crippen molar-refractivity contribution in [3.8, 4) is 11.1 Å². The molecule has 0 aliphatic rings. The maximum atomic E-state index is 13.4. The molecule has 3 aromatic carbocycles. The van der Waals surface area contributed by atoms with Crippen molar-refractivity contribution in [2.75, 3.05) is 0 Å². The molecule has 0 amide bonds. The molecule has 27 heavy (non-hydrogen) atoms. The highest BCUT2D eigenvalue weighted by atomic mass is 35.5. The highest BCUT2D eigenvalue weighted by Gasteiger charge is 2.25. The van der Waals surface area contributed by atoms with E-state index < -0.39 is 9.84 Å². The number of hydrogen-bond acceptors (Lipinski definition) is 3. The molecule has 0 aliphatic heterocycles. The van der Waals surface area contributed by atoms with Crippen LogP contribution in [0.4, 0.5) is 0 Å². The lowest BCUT2D eigenvalue weighted by Crippen LogP contribution is -2.05. The van der Waals surface area contributed by atoms with Gasteiger partial charge >= 0.3 is 0 Å². The number of hydrogen-bond donors (Lipinski definition) is 0. The molecule has 0 saturated carbocycles. The minimum Gasteiger partial charge on any atom is -0.253 e. The summed E-state index contributed by atoms with van der Waals surface area (Å²) < 4.78 is 26.8. The maximum Gasteiger partial charge on any atom is 0.208 e. The first kappa shape index (κ1) is 17.7. The summed E-state index contributed by atoms with van der Waals surface area (Å²) >= 11 is 6.31. The Kier molecular flexibility index (Phi) is 4.46. The summed E-state index contributed by atoms with van der Waals surface area (Å²) in [5, 5.41) is 1.20. The average molecular weight is 394 g/mol. The van der Waals surface area contributed by atoms with E-state index in [0.29, 0.717) is 21.5 Å². The van der Waals surface area contributed by atoms with Gasteiger partial charge in [-0.15, -0.1) is 0 Å². The Morgan fingerprint density at radius 3 is 2.26 bits per heavy atom. The number of fused-ring (bicyclic) bond motifs is 1. The molecule has 0 bridgehead atoms. The summed E-state index contributed by atoms with van der Waals surface area (Å²) in [6.45, 7) is 1.92. The zero-order valence-electron chi connectivity index (χ0n) is 14.6. The molecule has 5 heteroatoms. The minimum absolute atomic E-state index is 0.173. The molecule has 134 valence electrons. The van der Waals surface area contributed by atoms with Crippen LogP contribution in [0.15, 0.2) is 88.8 Å². The molecule has 1 aromatic heterocycles. The van der Waals surface area contributed by atoms with Crippen molar-refractivity contribution in [1.82, 2.24) is 4.98 Å². The highest BCUT2D eigenvalue weighted by Crippen LogP contribution is 2.38. The van der Waals surface area contributed by atoms with Crippen molar-refractivity contribution >= 4 is 32.3 Å². The van der Waals surface area contributed by atoms with E-state index in [2.05, 4.69) is 4.98 Å². The number of aromatic nitrogens is 1. The lowest BCUT2D eigenvalue weighted by atomic mass is 10.0. The molecule has 4 aromatic rings. The number of halogens is 1. The van der Waals surface area contributed by atoms with Gasteiger partial charge in [-0.3, -0.25) is 4.98 Å². The monoisotopic (exact) mass is 393 g/mol. The third kappa shape index (κ3) is 3.11. The van der Waals surface area contributed by atoms with Gasteiger partial charge in [0.25, 0.3) is 0 Å². The largest absolute Gasteiger partial charge is 0.253 e. The van der Waals surface area contributed by atoms with Crippen LogP contribution in [0.2, 0.25) is 5.02 Å². The second-order valence-corrected chi connectivity index (χ2v) is 8.64. The van der Waals surface area contributed by atoms with Crippen LogP contribution in [0.3, 0.4) is 0 Å². The second kappa shape index (κ2) is 6.80. The van der Waals surface area contributed by atoms with E-state index in [1.54, 1.807) is 36.4 Å². The van der Waals surface area contributed by atoms with Gasteiger partial charge in [-0.25, -0.2) is 8.42 Å². The Morgan fingerprint density at radius 1 is 0.852 bits per heavy atom. The molecule has 0 N–H and O–H groups in total. The Labute approximate surface area is 163 Å². The molecule has 4 rings (SSSR count). The summed E-state index contributed by atoms with van der Waals surface area (Å²) in [6.07, 6.45) is 1.41. The third-order valence-corrected chi connectivity index (χ3v) is 6.58. The molecule has 0 unspecified atom stereocenters. The number of nitrogens with zero attached hydrogens (tertiary/aromatic N) is 1. The van der Waals surface area contributed by atoms with Crippen molar-refractivity contribution < 1.29 is 8.42 Å².